The molecule has 0 unspecified atom stereocenters. The highest BCUT2D eigenvalue weighted by molar-refractivity contribution is 14.1. The summed E-state index contributed by atoms with van der Waals surface area (Å²) in [6.07, 6.45) is 18.2. The zero-order valence-corrected chi connectivity index (χ0v) is 13.3. The van der Waals surface area contributed by atoms with Gasteiger partial charge >= 0.3 is 0 Å². The van der Waals surface area contributed by atoms with Gasteiger partial charge in [-0.1, -0.05) is 67.2 Å². The van der Waals surface area contributed by atoms with Gasteiger partial charge < -0.3 is 0 Å². The van der Waals surface area contributed by atoms with Crippen LogP contribution in [0.3, 0.4) is 0 Å². The number of allylic oxidation sites excluding steroid dienone is 1. The van der Waals surface area contributed by atoms with Crippen molar-refractivity contribution < 1.29 is 0 Å². The topological polar surface area (TPSA) is 0 Å². The van der Waals surface area contributed by atoms with Crippen molar-refractivity contribution in [2.75, 3.05) is 0 Å². The number of hydrogen-bond donors (Lipinski definition) is 0. The molecule has 0 aromatic carbocycles. The van der Waals surface area contributed by atoms with Crippen molar-refractivity contribution in [2.45, 2.75) is 74.1 Å². The lowest BCUT2D eigenvalue weighted by Gasteiger charge is -2.45. The molecule has 0 saturated heterocycles. The minimum Gasteiger partial charge on any atom is -0.103 e. The second-order valence-electron chi connectivity index (χ2n) is 6.09. The molecule has 2 saturated carbocycles. The van der Waals surface area contributed by atoms with Crippen LogP contribution in [0.1, 0.15) is 70.6 Å². The molecule has 17 heavy (non-hydrogen) atoms. The van der Waals surface area contributed by atoms with Crippen molar-refractivity contribution in [1.82, 2.24) is 0 Å². The molecule has 0 radical (unpaired) electrons. The number of rotatable bonds is 4. The largest absolute Gasteiger partial charge is 0.103 e. The molecule has 1 heteroatoms. The molecule has 2 fully saturated rings. The van der Waals surface area contributed by atoms with Gasteiger partial charge in [0.15, 0.2) is 0 Å². The van der Waals surface area contributed by atoms with E-state index in [9.17, 15) is 0 Å². The van der Waals surface area contributed by atoms with E-state index in [1.807, 2.05) is 0 Å². The molecule has 0 heterocycles. The van der Waals surface area contributed by atoms with Crippen molar-refractivity contribution in [3.8, 4) is 0 Å². The Hall–Kier alpha value is 0.470. The van der Waals surface area contributed by atoms with Gasteiger partial charge in [-0.2, -0.15) is 0 Å². The molecule has 0 aromatic heterocycles. The first kappa shape index (κ1) is 13.9. The van der Waals surface area contributed by atoms with Gasteiger partial charge in [-0.05, 0) is 43.9 Å². The van der Waals surface area contributed by atoms with Crippen LogP contribution in [-0.2, 0) is 0 Å². The van der Waals surface area contributed by atoms with Crippen molar-refractivity contribution in [1.29, 1.82) is 0 Å². The Morgan fingerprint density at radius 2 is 1.29 bits per heavy atom. The number of hydrogen-bond acceptors (Lipinski definition) is 0. The van der Waals surface area contributed by atoms with Gasteiger partial charge in [0, 0.05) is 3.42 Å². The van der Waals surface area contributed by atoms with Gasteiger partial charge in [0.25, 0.3) is 0 Å². The van der Waals surface area contributed by atoms with Gasteiger partial charge in [-0.3, -0.25) is 0 Å². The summed E-state index contributed by atoms with van der Waals surface area (Å²) in [5, 5.41) is 0. The van der Waals surface area contributed by atoms with Crippen LogP contribution in [0.25, 0.3) is 0 Å². The molecule has 0 N–H and O–H groups in total. The summed E-state index contributed by atoms with van der Waals surface area (Å²) in [5.41, 5.74) is 0. The molecule has 0 spiro atoms. The van der Waals surface area contributed by atoms with Crippen molar-refractivity contribution in [3.05, 3.63) is 12.7 Å². The Balaban J connectivity index is 2.08. The normalized spacial score (nSPS) is 24.8. The third-order valence-corrected chi connectivity index (χ3v) is 7.23. The molecule has 0 aliphatic heterocycles. The zero-order chi connectivity index (χ0) is 12.1. The summed E-state index contributed by atoms with van der Waals surface area (Å²) >= 11 is 2.84. The van der Waals surface area contributed by atoms with E-state index in [0.717, 1.165) is 11.8 Å². The Bertz CT molecular complexity index is 216. The van der Waals surface area contributed by atoms with Crippen molar-refractivity contribution in [3.63, 3.8) is 0 Å². The summed E-state index contributed by atoms with van der Waals surface area (Å²) in [6.45, 7) is 4.03. The standard InChI is InChI=1S/C16H27I/c1-2-13-16(17,14-9-5-3-6-10-14)15-11-7-4-8-12-15/h2,14-15H,1,3-13H2. The Labute approximate surface area is 121 Å². The average molecular weight is 346 g/mol. The van der Waals surface area contributed by atoms with E-state index in [0.29, 0.717) is 3.42 Å². The lowest BCUT2D eigenvalue weighted by molar-refractivity contribution is 0.189. The highest BCUT2D eigenvalue weighted by Crippen LogP contribution is 2.50. The molecule has 0 nitrogen and oxygen atoms in total. The zero-order valence-electron chi connectivity index (χ0n) is 11.1. The predicted octanol–water partition coefficient (Wildman–Crippen LogP) is 5.90. The maximum absolute atomic E-state index is 4.03. The van der Waals surface area contributed by atoms with Crippen LogP contribution in [0, 0.1) is 11.8 Å². The molecule has 0 bridgehead atoms. The lowest BCUT2D eigenvalue weighted by Crippen LogP contribution is -2.41. The number of alkyl halides is 1. The summed E-state index contributed by atoms with van der Waals surface area (Å²) in [4.78, 5) is 0. The second kappa shape index (κ2) is 6.58. The fraction of sp³-hybridized carbons (Fsp3) is 0.875. The smallest absolute Gasteiger partial charge is 0.0312 e. The SMILES string of the molecule is C=CCC(I)(C1CCCCC1)C1CCCCC1. The molecule has 0 amide bonds. The van der Waals surface area contributed by atoms with E-state index in [4.69, 9.17) is 0 Å². The summed E-state index contributed by atoms with van der Waals surface area (Å²) in [6, 6.07) is 0. The lowest BCUT2D eigenvalue weighted by atomic mass is 9.68. The van der Waals surface area contributed by atoms with Crippen LogP contribution in [0.2, 0.25) is 0 Å². The third kappa shape index (κ3) is 3.27. The average Bonchev–Trinajstić information content (AvgIpc) is 2.41. The summed E-state index contributed by atoms with van der Waals surface area (Å²) in [5.74, 6) is 1.94. The maximum atomic E-state index is 4.03. The van der Waals surface area contributed by atoms with E-state index in [-0.39, 0.29) is 0 Å². The fourth-order valence-corrected chi connectivity index (χ4v) is 5.61. The van der Waals surface area contributed by atoms with Gasteiger partial charge in [-0.25, -0.2) is 0 Å². The monoisotopic (exact) mass is 346 g/mol. The molecule has 2 aliphatic carbocycles. The Morgan fingerprint density at radius 3 is 1.65 bits per heavy atom. The molecule has 0 aromatic rings. The molecule has 98 valence electrons. The molecular formula is C16H27I. The Morgan fingerprint density at radius 1 is 0.882 bits per heavy atom. The first-order chi connectivity index (χ1) is 8.27. The highest BCUT2D eigenvalue weighted by Gasteiger charge is 2.42. The molecule has 0 atom stereocenters. The van der Waals surface area contributed by atoms with Gasteiger partial charge in [0.05, 0.1) is 0 Å². The van der Waals surface area contributed by atoms with E-state index >= 15 is 0 Å². The van der Waals surface area contributed by atoms with Crippen molar-refractivity contribution in [2.24, 2.45) is 11.8 Å². The third-order valence-electron chi connectivity index (χ3n) is 5.02. The summed E-state index contributed by atoms with van der Waals surface area (Å²) < 4.78 is 0.542. The fourth-order valence-electron chi connectivity index (χ4n) is 4.05. The molecule has 2 aliphatic rings. The van der Waals surface area contributed by atoms with Gasteiger partial charge in [0.2, 0.25) is 0 Å². The molecule has 2 rings (SSSR count). The van der Waals surface area contributed by atoms with E-state index in [1.54, 1.807) is 0 Å². The predicted molar refractivity (Wildman–Crippen MR) is 84.7 cm³/mol. The minimum absolute atomic E-state index is 0.542. The van der Waals surface area contributed by atoms with Crippen LogP contribution < -0.4 is 0 Å². The first-order valence-corrected chi connectivity index (χ1v) is 8.65. The van der Waals surface area contributed by atoms with Crippen LogP contribution in [0.4, 0.5) is 0 Å². The van der Waals surface area contributed by atoms with Crippen LogP contribution >= 0.6 is 22.6 Å². The maximum Gasteiger partial charge on any atom is 0.0312 e. The second-order valence-corrected chi connectivity index (χ2v) is 8.10. The van der Waals surface area contributed by atoms with Crippen molar-refractivity contribution >= 4 is 22.6 Å². The van der Waals surface area contributed by atoms with Crippen LogP contribution in [-0.4, -0.2) is 3.42 Å². The number of halogens is 1. The quantitative estimate of drug-likeness (QED) is 0.338. The van der Waals surface area contributed by atoms with E-state index < -0.39 is 0 Å². The van der Waals surface area contributed by atoms with Crippen LogP contribution in [0.5, 0.6) is 0 Å². The highest BCUT2D eigenvalue weighted by atomic mass is 127. The van der Waals surface area contributed by atoms with E-state index in [2.05, 4.69) is 35.2 Å². The van der Waals surface area contributed by atoms with Gasteiger partial charge in [-0.15, -0.1) is 6.58 Å². The minimum atomic E-state index is 0.542. The summed E-state index contributed by atoms with van der Waals surface area (Å²) in [7, 11) is 0. The first-order valence-electron chi connectivity index (χ1n) is 7.57. The van der Waals surface area contributed by atoms with E-state index in [1.165, 1.54) is 70.6 Å². The van der Waals surface area contributed by atoms with Crippen LogP contribution in [0.15, 0.2) is 12.7 Å². The molecular weight excluding hydrogens is 319 g/mol. The van der Waals surface area contributed by atoms with Gasteiger partial charge in [0.1, 0.15) is 0 Å². The Kier molecular flexibility index (Phi) is 5.38.